The van der Waals surface area contributed by atoms with Crippen LogP contribution < -0.4 is 0 Å². The number of rotatable bonds is 10. The molecule has 0 aromatic rings. The fraction of sp³-hybridized carbons (Fsp3) is 0.529. The highest BCUT2D eigenvalue weighted by Crippen LogP contribution is 1.98. The molecule has 0 saturated heterocycles. The van der Waals surface area contributed by atoms with Gasteiger partial charge in [0.15, 0.2) is 0 Å². The Bertz CT molecular complexity index is 269. The summed E-state index contributed by atoms with van der Waals surface area (Å²) in [7, 11) is 0. The van der Waals surface area contributed by atoms with Crippen LogP contribution in [0.2, 0.25) is 0 Å². The highest BCUT2D eigenvalue weighted by molar-refractivity contribution is 4.99. The Hall–Kier alpha value is -1.08. The molecule has 0 amide bonds. The number of aliphatic hydroxyl groups excluding tert-OH is 1. The Morgan fingerprint density at radius 3 is 1.83 bits per heavy atom. The molecule has 0 radical (unpaired) electrons. The molecule has 0 spiro atoms. The van der Waals surface area contributed by atoms with Gasteiger partial charge in [-0.1, -0.05) is 68.4 Å². The van der Waals surface area contributed by atoms with Gasteiger partial charge in [0.1, 0.15) is 0 Å². The van der Waals surface area contributed by atoms with Crippen molar-refractivity contribution in [3.05, 3.63) is 48.6 Å². The smallest absolute Gasteiger partial charge is 0.0692 e. The van der Waals surface area contributed by atoms with Crippen LogP contribution in [0.25, 0.3) is 0 Å². The molecule has 1 N–H and O–H groups in total. The summed E-state index contributed by atoms with van der Waals surface area (Å²) in [5.74, 6) is 0. The summed E-state index contributed by atoms with van der Waals surface area (Å²) in [5.41, 5.74) is 0. The molecule has 0 aliphatic carbocycles. The van der Waals surface area contributed by atoms with Crippen molar-refractivity contribution in [2.24, 2.45) is 0 Å². The molecule has 0 aromatic carbocycles. The van der Waals surface area contributed by atoms with Crippen molar-refractivity contribution in [2.45, 2.75) is 58.5 Å². The molecule has 1 heteroatoms. The number of hydrogen-bond donors (Lipinski definition) is 1. The lowest BCUT2D eigenvalue weighted by Crippen LogP contribution is -1.90. The molecular formula is C17H28O. The van der Waals surface area contributed by atoms with Gasteiger partial charge in [-0.3, -0.25) is 0 Å². The van der Waals surface area contributed by atoms with E-state index in [1.165, 1.54) is 19.3 Å². The molecule has 0 bridgehead atoms. The van der Waals surface area contributed by atoms with E-state index in [-0.39, 0.29) is 6.10 Å². The first kappa shape index (κ1) is 16.9. The molecule has 0 aliphatic rings. The van der Waals surface area contributed by atoms with Gasteiger partial charge in [0.25, 0.3) is 0 Å². The van der Waals surface area contributed by atoms with E-state index in [2.05, 4.69) is 43.4 Å². The van der Waals surface area contributed by atoms with E-state index in [1.807, 2.05) is 6.08 Å². The quantitative estimate of drug-likeness (QED) is 0.428. The van der Waals surface area contributed by atoms with E-state index in [1.54, 1.807) is 13.0 Å². The summed E-state index contributed by atoms with van der Waals surface area (Å²) in [6.45, 7) is 3.98. The van der Waals surface area contributed by atoms with Gasteiger partial charge in [0, 0.05) is 0 Å². The molecule has 1 nitrogen and oxygen atoms in total. The van der Waals surface area contributed by atoms with Gasteiger partial charge in [-0.15, -0.1) is 0 Å². The minimum absolute atomic E-state index is 0.335. The molecule has 0 aromatic heterocycles. The molecule has 18 heavy (non-hydrogen) atoms. The van der Waals surface area contributed by atoms with Crippen LogP contribution in [0.15, 0.2) is 48.6 Å². The molecule has 0 aliphatic heterocycles. The van der Waals surface area contributed by atoms with Crippen molar-refractivity contribution in [1.29, 1.82) is 0 Å². The summed E-state index contributed by atoms with van der Waals surface area (Å²) in [4.78, 5) is 0. The second-order valence-electron chi connectivity index (χ2n) is 4.43. The van der Waals surface area contributed by atoms with Gasteiger partial charge >= 0.3 is 0 Å². The zero-order chi connectivity index (χ0) is 13.5. The minimum atomic E-state index is -0.335. The topological polar surface area (TPSA) is 20.2 Å². The normalized spacial score (nSPS) is 14.6. The van der Waals surface area contributed by atoms with Crippen molar-refractivity contribution in [2.75, 3.05) is 0 Å². The lowest BCUT2D eigenvalue weighted by Gasteiger charge is -1.90. The van der Waals surface area contributed by atoms with Crippen molar-refractivity contribution in [3.63, 3.8) is 0 Å². The van der Waals surface area contributed by atoms with Gasteiger partial charge in [-0.05, 0) is 32.6 Å². The largest absolute Gasteiger partial charge is 0.389 e. The summed E-state index contributed by atoms with van der Waals surface area (Å²) in [6, 6.07) is 0. The molecule has 1 unspecified atom stereocenters. The maximum atomic E-state index is 9.00. The summed E-state index contributed by atoms with van der Waals surface area (Å²) in [6.07, 6.45) is 23.4. The van der Waals surface area contributed by atoms with Crippen LogP contribution >= 0.6 is 0 Å². The third-order valence-corrected chi connectivity index (χ3v) is 2.46. The zero-order valence-corrected chi connectivity index (χ0v) is 11.9. The second-order valence-corrected chi connectivity index (χ2v) is 4.43. The Balaban J connectivity index is 3.42. The molecule has 102 valence electrons. The molecule has 0 fully saturated rings. The van der Waals surface area contributed by atoms with Gasteiger partial charge in [-0.2, -0.15) is 0 Å². The number of aliphatic hydroxyl groups is 1. The average molecular weight is 248 g/mol. The predicted molar refractivity (Wildman–Crippen MR) is 81.6 cm³/mol. The van der Waals surface area contributed by atoms with Gasteiger partial charge in [0.2, 0.25) is 0 Å². The molecule has 1 atom stereocenters. The summed E-state index contributed by atoms with van der Waals surface area (Å²) in [5, 5.41) is 9.00. The van der Waals surface area contributed by atoms with Crippen molar-refractivity contribution in [1.82, 2.24) is 0 Å². The van der Waals surface area contributed by atoms with Crippen LogP contribution in [0.1, 0.15) is 52.4 Å². The van der Waals surface area contributed by atoms with Crippen LogP contribution in [0, 0.1) is 0 Å². The summed E-state index contributed by atoms with van der Waals surface area (Å²) >= 11 is 0. The maximum Gasteiger partial charge on any atom is 0.0692 e. The first-order valence-corrected chi connectivity index (χ1v) is 7.07. The zero-order valence-electron chi connectivity index (χ0n) is 11.9. The first-order chi connectivity index (χ1) is 8.77. The molecule has 0 heterocycles. The Labute approximate surface area is 113 Å². The van der Waals surface area contributed by atoms with E-state index < -0.39 is 0 Å². The lowest BCUT2D eigenvalue weighted by molar-refractivity contribution is 0.244. The molecule has 0 saturated carbocycles. The molecule has 0 rings (SSSR count). The Morgan fingerprint density at radius 2 is 1.33 bits per heavy atom. The van der Waals surface area contributed by atoms with Crippen molar-refractivity contribution in [3.8, 4) is 0 Å². The fourth-order valence-electron chi connectivity index (χ4n) is 1.43. The number of hydrogen-bond acceptors (Lipinski definition) is 1. The number of allylic oxidation sites excluding steroid dienone is 7. The third kappa shape index (κ3) is 14.9. The first-order valence-electron chi connectivity index (χ1n) is 7.07. The van der Waals surface area contributed by atoms with E-state index in [0.29, 0.717) is 0 Å². The average Bonchev–Trinajstić information content (AvgIpc) is 2.34. The van der Waals surface area contributed by atoms with Crippen LogP contribution in [0.3, 0.4) is 0 Å². The lowest BCUT2D eigenvalue weighted by atomic mass is 10.2. The van der Waals surface area contributed by atoms with Crippen molar-refractivity contribution < 1.29 is 5.11 Å². The SMILES string of the molecule is CCCC/C=C\C/C=C\C/C=C\C/C=C\C(C)O. The standard InChI is InChI=1S/C17H28O/c1-3-4-5-6-7-8-9-10-11-12-13-14-15-16-17(2)18/h6-7,9-10,12-13,15-18H,3-5,8,11,14H2,1-2H3/b7-6-,10-9-,13-12-,16-15-. The van der Waals surface area contributed by atoms with Gasteiger partial charge in [-0.25, -0.2) is 0 Å². The van der Waals surface area contributed by atoms with Crippen molar-refractivity contribution >= 4 is 0 Å². The highest BCUT2D eigenvalue weighted by atomic mass is 16.3. The Kier molecular flexibility index (Phi) is 13.1. The second kappa shape index (κ2) is 14.0. The third-order valence-electron chi connectivity index (χ3n) is 2.46. The van der Waals surface area contributed by atoms with Crippen LogP contribution in [-0.4, -0.2) is 11.2 Å². The highest BCUT2D eigenvalue weighted by Gasteiger charge is 1.81. The summed E-state index contributed by atoms with van der Waals surface area (Å²) < 4.78 is 0. The monoisotopic (exact) mass is 248 g/mol. The fourth-order valence-corrected chi connectivity index (χ4v) is 1.43. The van der Waals surface area contributed by atoms with Crippen LogP contribution in [-0.2, 0) is 0 Å². The van der Waals surface area contributed by atoms with Gasteiger partial charge in [0.05, 0.1) is 6.10 Å². The maximum absolute atomic E-state index is 9.00. The van der Waals surface area contributed by atoms with Gasteiger partial charge < -0.3 is 5.11 Å². The van der Waals surface area contributed by atoms with E-state index >= 15 is 0 Å². The minimum Gasteiger partial charge on any atom is -0.389 e. The van der Waals surface area contributed by atoms with E-state index in [9.17, 15) is 0 Å². The van der Waals surface area contributed by atoms with E-state index in [4.69, 9.17) is 5.11 Å². The van der Waals surface area contributed by atoms with Crippen LogP contribution in [0.4, 0.5) is 0 Å². The Morgan fingerprint density at radius 1 is 0.833 bits per heavy atom. The predicted octanol–water partition coefficient (Wildman–Crippen LogP) is 4.95. The molecular weight excluding hydrogens is 220 g/mol. The van der Waals surface area contributed by atoms with Crippen LogP contribution in [0.5, 0.6) is 0 Å². The van der Waals surface area contributed by atoms with E-state index in [0.717, 1.165) is 19.3 Å². The number of unbranched alkanes of at least 4 members (excludes halogenated alkanes) is 2.